The van der Waals surface area contributed by atoms with Gasteiger partial charge in [-0.2, -0.15) is 0 Å². The first-order valence-corrected chi connectivity index (χ1v) is 5.95. The van der Waals surface area contributed by atoms with E-state index in [-0.39, 0.29) is 0 Å². The lowest BCUT2D eigenvalue weighted by Gasteiger charge is -2.09. The highest BCUT2D eigenvalue weighted by atomic mass is 32.2. The zero-order valence-electron chi connectivity index (χ0n) is 8.19. The minimum absolute atomic E-state index is 0.413. The van der Waals surface area contributed by atoms with Crippen LogP contribution in [-0.4, -0.2) is 17.3 Å². The average molecular weight is 210 g/mol. The van der Waals surface area contributed by atoms with Crippen molar-refractivity contribution >= 4 is 11.8 Å². The second-order valence-electron chi connectivity index (χ2n) is 3.37. The fraction of sp³-hybridized carbons (Fsp3) is 0.500. The number of rotatable bonds is 4. The van der Waals surface area contributed by atoms with Crippen LogP contribution in [0.1, 0.15) is 18.4 Å². The Morgan fingerprint density at radius 3 is 3.00 bits per heavy atom. The molecule has 1 aliphatic rings. The van der Waals surface area contributed by atoms with Gasteiger partial charge in [0.2, 0.25) is 0 Å². The summed E-state index contributed by atoms with van der Waals surface area (Å²) in [5.74, 6) is 0.892. The molecule has 1 aromatic rings. The third-order valence-corrected chi connectivity index (χ3v) is 2.82. The van der Waals surface area contributed by atoms with Crippen molar-refractivity contribution in [1.82, 2.24) is 4.98 Å². The zero-order valence-corrected chi connectivity index (χ0v) is 9.01. The van der Waals surface area contributed by atoms with Crippen LogP contribution in [0.2, 0.25) is 0 Å². The van der Waals surface area contributed by atoms with Gasteiger partial charge in [0.15, 0.2) is 5.75 Å². The van der Waals surface area contributed by atoms with Gasteiger partial charge in [0.05, 0.1) is 6.10 Å². The fourth-order valence-electron chi connectivity index (χ4n) is 1.19. The Morgan fingerprint density at radius 2 is 2.43 bits per heavy atom. The summed E-state index contributed by atoms with van der Waals surface area (Å²) in [5, 5.41) is 0.953. The largest absolute Gasteiger partial charge is 0.488 e. The zero-order chi connectivity index (χ0) is 9.97. The van der Waals surface area contributed by atoms with Crippen molar-refractivity contribution < 1.29 is 4.74 Å². The second-order valence-corrected chi connectivity index (χ2v) is 4.17. The number of aromatic nitrogens is 1. The van der Waals surface area contributed by atoms with Crippen molar-refractivity contribution in [1.29, 1.82) is 0 Å². The van der Waals surface area contributed by atoms with Crippen LogP contribution in [0.3, 0.4) is 0 Å². The van der Waals surface area contributed by atoms with Crippen LogP contribution in [0.5, 0.6) is 5.75 Å². The summed E-state index contributed by atoms with van der Waals surface area (Å²) in [7, 11) is 0. The van der Waals surface area contributed by atoms with Gasteiger partial charge in [-0.25, -0.2) is 4.98 Å². The van der Waals surface area contributed by atoms with Gasteiger partial charge in [0.25, 0.3) is 0 Å². The molecular formula is C10H14N2OS. The standard InChI is InChI=1S/C10H14N2OS/c1-14-10-9(13-8-2-3-8)4-7(5-11)6-12-10/h4,6,8H,2-3,5,11H2,1H3. The molecule has 1 aromatic heterocycles. The van der Waals surface area contributed by atoms with E-state index in [9.17, 15) is 0 Å². The van der Waals surface area contributed by atoms with Crippen LogP contribution >= 0.6 is 11.8 Å². The maximum Gasteiger partial charge on any atom is 0.152 e. The van der Waals surface area contributed by atoms with E-state index in [0.29, 0.717) is 12.6 Å². The van der Waals surface area contributed by atoms with E-state index in [1.165, 1.54) is 12.8 Å². The monoisotopic (exact) mass is 210 g/mol. The maximum absolute atomic E-state index is 5.75. The average Bonchev–Trinajstić information content (AvgIpc) is 3.01. The summed E-state index contributed by atoms with van der Waals surface area (Å²) in [6.07, 6.45) is 6.56. The first-order valence-electron chi connectivity index (χ1n) is 4.73. The lowest BCUT2D eigenvalue weighted by atomic mass is 10.3. The van der Waals surface area contributed by atoms with Crippen molar-refractivity contribution in [2.24, 2.45) is 5.73 Å². The molecule has 76 valence electrons. The molecule has 0 saturated heterocycles. The molecule has 0 spiro atoms. The lowest BCUT2D eigenvalue weighted by molar-refractivity contribution is 0.293. The number of ether oxygens (including phenoxy) is 1. The molecule has 0 radical (unpaired) electrons. The van der Waals surface area contributed by atoms with Crippen molar-refractivity contribution in [3.05, 3.63) is 17.8 Å². The van der Waals surface area contributed by atoms with Crippen molar-refractivity contribution in [3.8, 4) is 5.75 Å². The molecule has 1 aliphatic carbocycles. The van der Waals surface area contributed by atoms with Crippen LogP contribution in [0, 0.1) is 0 Å². The molecule has 14 heavy (non-hydrogen) atoms. The quantitative estimate of drug-likeness (QED) is 0.770. The van der Waals surface area contributed by atoms with E-state index in [4.69, 9.17) is 10.5 Å². The Bertz CT molecular complexity index is 326. The van der Waals surface area contributed by atoms with Gasteiger partial charge in [0, 0.05) is 12.7 Å². The van der Waals surface area contributed by atoms with Gasteiger partial charge in [-0.15, -0.1) is 11.8 Å². The van der Waals surface area contributed by atoms with E-state index in [2.05, 4.69) is 4.98 Å². The normalized spacial score (nSPS) is 15.6. The van der Waals surface area contributed by atoms with Gasteiger partial charge < -0.3 is 10.5 Å². The smallest absolute Gasteiger partial charge is 0.152 e. The van der Waals surface area contributed by atoms with E-state index < -0.39 is 0 Å². The molecule has 4 heteroatoms. The SMILES string of the molecule is CSc1ncc(CN)cc1OC1CC1. The van der Waals surface area contributed by atoms with Crippen LogP contribution in [0.4, 0.5) is 0 Å². The number of hydrogen-bond donors (Lipinski definition) is 1. The van der Waals surface area contributed by atoms with Crippen LogP contribution in [0.25, 0.3) is 0 Å². The first-order chi connectivity index (χ1) is 6.83. The second kappa shape index (κ2) is 4.19. The van der Waals surface area contributed by atoms with Gasteiger partial charge >= 0.3 is 0 Å². The molecular weight excluding hydrogens is 196 g/mol. The Balaban J connectivity index is 2.21. The Labute approximate surface area is 88.0 Å². The molecule has 2 N–H and O–H groups in total. The highest BCUT2D eigenvalue weighted by Crippen LogP contribution is 2.32. The maximum atomic E-state index is 5.75. The highest BCUT2D eigenvalue weighted by Gasteiger charge is 2.24. The topological polar surface area (TPSA) is 48.1 Å². The Morgan fingerprint density at radius 1 is 1.64 bits per heavy atom. The van der Waals surface area contributed by atoms with Crippen LogP contribution in [0.15, 0.2) is 17.3 Å². The van der Waals surface area contributed by atoms with Gasteiger partial charge in [-0.05, 0) is 30.7 Å². The number of hydrogen-bond acceptors (Lipinski definition) is 4. The summed E-state index contributed by atoms with van der Waals surface area (Å²) in [6.45, 7) is 0.517. The van der Waals surface area contributed by atoms with Crippen molar-refractivity contribution in [3.63, 3.8) is 0 Å². The van der Waals surface area contributed by atoms with Crippen molar-refractivity contribution in [2.75, 3.05) is 6.26 Å². The predicted molar refractivity (Wildman–Crippen MR) is 57.6 cm³/mol. The van der Waals surface area contributed by atoms with Crippen molar-refractivity contribution in [2.45, 2.75) is 30.5 Å². The molecule has 0 unspecified atom stereocenters. The summed E-state index contributed by atoms with van der Waals surface area (Å²) < 4.78 is 5.75. The highest BCUT2D eigenvalue weighted by molar-refractivity contribution is 7.98. The fourth-order valence-corrected chi connectivity index (χ4v) is 1.65. The molecule has 1 fully saturated rings. The molecule has 1 saturated carbocycles. The molecule has 0 bridgehead atoms. The van der Waals surface area contributed by atoms with E-state index >= 15 is 0 Å². The number of nitrogens with two attached hydrogens (primary N) is 1. The van der Waals surface area contributed by atoms with E-state index in [1.807, 2.05) is 18.5 Å². The van der Waals surface area contributed by atoms with Crippen LogP contribution < -0.4 is 10.5 Å². The Hall–Kier alpha value is -0.740. The molecule has 2 rings (SSSR count). The molecule has 0 aromatic carbocycles. The van der Waals surface area contributed by atoms with Crippen LogP contribution in [-0.2, 0) is 6.54 Å². The summed E-state index contributed by atoms with van der Waals surface area (Å²) in [6, 6.07) is 2.00. The number of nitrogens with zero attached hydrogens (tertiary/aromatic N) is 1. The van der Waals surface area contributed by atoms with E-state index in [1.54, 1.807) is 11.8 Å². The van der Waals surface area contributed by atoms with Gasteiger partial charge in [0.1, 0.15) is 5.03 Å². The minimum atomic E-state index is 0.413. The summed E-state index contributed by atoms with van der Waals surface area (Å²) in [5.41, 5.74) is 6.58. The number of thioether (sulfide) groups is 1. The summed E-state index contributed by atoms with van der Waals surface area (Å²) in [4.78, 5) is 4.31. The summed E-state index contributed by atoms with van der Waals surface area (Å²) >= 11 is 1.61. The molecule has 0 aliphatic heterocycles. The molecule has 0 amide bonds. The molecule has 3 nitrogen and oxygen atoms in total. The molecule has 1 heterocycles. The third kappa shape index (κ3) is 2.19. The van der Waals surface area contributed by atoms with E-state index in [0.717, 1.165) is 16.3 Å². The number of pyridine rings is 1. The van der Waals surface area contributed by atoms with Gasteiger partial charge in [-0.3, -0.25) is 0 Å². The third-order valence-electron chi connectivity index (χ3n) is 2.12. The first kappa shape index (κ1) is 9.80. The molecule has 0 atom stereocenters. The minimum Gasteiger partial charge on any atom is -0.488 e. The lowest BCUT2D eigenvalue weighted by Crippen LogP contribution is -2.02. The predicted octanol–water partition coefficient (Wildman–Crippen LogP) is 1.80. The van der Waals surface area contributed by atoms with Gasteiger partial charge in [-0.1, -0.05) is 0 Å². The Kier molecular flexibility index (Phi) is 2.93.